The summed E-state index contributed by atoms with van der Waals surface area (Å²) in [4.78, 5) is 4.63. The average Bonchev–Trinajstić information content (AvgIpc) is 2.63. The van der Waals surface area contributed by atoms with Crippen LogP contribution in [0.15, 0.2) is 23.1 Å². The Morgan fingerprint density at radius 3 is 2.67 bits per heavy atom. The zero-order valence-electron chi connectivity index (χ0n) is 10.1. The van der Waals surface area contributed by atoms with Gasteiger partial charge < -0.3 is 4.57 Å². The van der Waals surface area contributed by atoms with E-state index in [-0.39, 0.29) is 0 Å². The van der Waals surface area contributed by atoms with E-state index in [2.05, 4.69) is 11.9 Å². The van der Waals surface area contributed by atoms with Crippen LogP contribution >= 0.6 is 11.8 Å². The summed E-state index contributed by atoms with van der Waals surface area (Å²) < 4.78 is 39.2. The molecule has 0 saturated heterocycles. The Morgan fingerprint density at radius 2 is 2.06 bits per heavy atom. The third-order valence-electron chi connectivity index (χ3n) is 2.58. The maximum Gasteiger partial charge on any atom is 0.449 e. The number of aromatic nitrogens is 2. The molecule has 0 N–H and O–H groups in total. The Morgan fingerprint density at radius 1 is 1.33 bits per heavy atom. The minimum absolute atomic E-state index is 0.394. The summed E-state index contributed by atoms with van der Waals surface area (Å²) in [6, 6.07) is 5.24. The van der Waals surface area contributed by atoms with Gasteiger partial charge in [0.25, 0.3) is 0 Å². The molecular weight excluding hydrogens is 261 g/mol. The van der Waals surface area contributed by atoms with Crippen molar-refractivity contribution in [1.82, 2.24) is 9.55 Å². The number of hydrogen-bond acceptors (Lipinski definition) is 2. The number of halogens is 3. The first-order valence-electron chi connectivity index (χ1n) is 5.60. The Kier molecular flexibility index (Phi) is 3.56. The largest absolute Gasteiger partial charge is 0.449 e. The zero-order chi connectivity index (χ0) is 13.3. The van der Waals surface area contributed by atoms with E-state index < -0.39 is 12.0 Å². The maximum atomic E-state index is 12.7. The van der Waals surface area contributed by atoms with Crippen molar-refractivity contribution < 1.29 is 13.2 Å². The van der Waals surface area contributed by atoms with Gasteiger partial charge in [-0.3, -0.25) is 0 Å². The molecule has 0 aliphatic heterocycles. The van der Waals surface area contributed by atoms with Gasteiger partial charge in [-0.1, -0.05) is 6.92 Å². The predicted octanol–water partition coefficient (Wildman–Crippen LogP) is 4.09. The fourth-order valence-corrected chi connectivity index (χ4v) is 2.54. The normalized spacial score (nSPS) is 12.3. The Labute approximate surface area is 107 Å². The van der Waals surface area contributed by atoms with E-state index in [4.69, 9.17) is 0 Å². The molecule has 0 aliphatic rings. The van der Waals surface area contributed by atoms with Crippen LogP contribution in [0.5, 0.6) is 0 Å². The number of fused-ring (bicyclic) bond motifs is 1. The van der Waals surface area contributed by atoms with Gasteiger partial charge in [0.1, 0.15) is 0 Å². The highest BCUT2D eigenvalue weighted by atomic mass is 32.2. The molecule has 0 bridgehead atoms. The summed E-state index contributed by atoms with van der Waals surface area (Å²) in [6.07, 6.45) is -3.39. The van der Waals surface area contributed by atoms with Gasteiger partial charge in [-0.05, 0) is 30.4 Å². The summed E-state index contributed by atoms with van der Waals surface area (Å²) in [5, 5.41) is 0. The molecule has 0 saturated carbocycles. The van der Waals surface area contributed by atoms with Crippen molar-refractivity contribution >= 4 is 22.8 Å². The Bertz CT molecular complexity index is 560. The second kappa shape index (κ2) is 4.84. The van der Waals surface area contributed by atoms with Gasteiger partial charge in [0.15, 0.2) is 0 Å². The lowest BCUT2D eigenvalue weighted by Gasteiger charge is -2.05. The zero-order valence-corrected chi connectivity index (χ0v) is 10.9. The van der Waals surface area contributed by atoms with Crippen LogP contribution in [0.2, 0.25) is 0 Å². The highest BCUT2D eigenvalue weighted by Crippen LogP contribution is 2.32. The standard InChI is InChI=1S/C12H13F3N2S/c1-3-6-18-8-4-5-10-9(7-8)16-11(17(10)2)12(13,14)15/h4-5,7H,3,6H2,1-2H3. The molecule has 2 rings (SSSR count). The molecule has 98 valence electrons. The topological polar surface area (TPSA) is 17.8 Å². The van der Waals surface area contributed by atoms with Gasteiger partial charge in [-0.15, -0.1) is 11.8 Å². The molecule has 0 amide bonds. The summed E-state index contributed by atoms with van der Waals surface area (Å²) in [6.45, 7) is 2.06. The van der Waals surface area contributed by atoms with E-state index in [0.29, 0.717) is 11.0 Å². The molecular formula is C12H13F3N2S. The molecule has 0 spiro atoms. The van der Waals surface area contributed by atoms with Crippen LogP contribution in [-0.2, 0) is 13.2 Å². The summed E-state index contributed by atoms with van der Waals surface area (Å²) in [7, 11) is 1.39. The third-order valence-corrected chi connectivity index (χ3v) is 3.78. The maximum absolute atomic E-state index is 12.7. The SMILES string of the molecule is CCCSc1ccc2c(c1)nc(C(F)(F)F)n2C. The summed E-state index contributed by atoms with van der Waals surface area (Å²) in [5.41, 5.74) is 0.897. The van der Waals surface area contributed by atoms with Crippen LogP contribution in [0, 0.1) is 0 Å². The Balaban J connectivity index is 2.45. The number of rotatable bonds is 3. The van der Waals surface area contributed by atoms with Gasteiger partial charge in [-0.2, -0.15) is 13.2 Å². The molecule has 2 aromatic rings. The highest BCUT2D eigenvalue weighted by Gasteiger charge is 2.36. The average molecular weight is 274 g/mol. The fourth-order valence-electron chi connectivity index (χ4n) is 1.74. The third kappa shape index (κ3) is 2.48. The quantitative estimate of drug-likeness (QED) is 0.784. The van der Waals surface area contributed by atoms with Crippen molar-refractivity contribution in [2.45, 2.75) is 24.4 Å². The van der Waals surface area contributed by atoms with Crippen molar-refractivity contribution in [1.29, 1.82) is 0 Å². The molecule has 1 aromatic carbocycles. The van der Waals surface area contributed by atoms with E-state index >= 15 is 0 Å². The number of alkyl halides is 3. The van der Waals surface area contributed by atoms with E-state index in [1.165, 1.54) is 7.05 Å². The van der Waals surface area contributed by atoms with Crippen molar-refractivity contribution in [3.05, 3.63) is 24.0 Å². The summed E-state index contributed by atoms with van der Waals surface area (Å²) in [5.74, 6) is 0.0972. The van der Waals surface area contributed by atoms with Crippen LogP contribution in [0.4, 0.5) is 13.2 Å². The molecule has 18 heavy (non-hydrogen) atoms. The fraction of sp³-hybridized carbons (Fsp3) is 0.417. The second-order valence-corrected chi connectivity index (χ2v) is 5.16. The van der Waals surface area contributed by atoms with Crippen LogP contribution in [0.25, 0.3) is 11.0 Å². The molecule has 1 heterocycles. The molecule has 6 heteroatoms. The minimum Gasteiger partial charge on any atom is -0.323 e. The first kappa shape index (κ1) is 13.3. The van der Waals surface area contributed by atoms with Gasteiger partial charge in [0.2, 0.25) is 5.82 Å². The van der Waals surface area contributed by atoms with Crippen LogP contribution < -0.4 is 0 Å². The van der Waals surface area contributed by atoms with Crippen molar-refractivity contribution in [2.75, 3.05) is 5.75 Å². The van der Waals surface area contributed by atoms with Gasteiger partial charge >= 0.3 is 6.18 Å². The molecule has 2 nitrogen and oxygen atoms in total. The van der Waals surface area contributed by atoms with Gasteiger partial charge in [0.05, 0.1) is 11.0 Å². The number of thioether (sulfide) groups is 1. The first-order chi connectivity index (χ1) is 8.43. The minimum atomic E-state index is -4.41. The van der Waals surface area contributed by atoms with Crippen molar-refractivity contribution in [3.63, 3.8) is 0 Å². The summed E-state index contributed by atoms with van der Waals surface area (Å²) >= 11 is 1.63. The van der Waals surface area contributed by atoms with Crippen molar-refractivity contribution in [2.24, 2.45) is 7.05 Å². The predicted molar refractivity (Wildman–Crippen MR) is 66.7 cm³/mol. The molecule has 0 aliphatic carbocycles. The number of aryl methyl sites for hydroxylation is 1. The number of imidazole rings is 1. The molecule has 0 radical (unpaired) electrons. The Hall–Kier alpha value is -1.17. The number of benzene rings is 1. The second-order valence-electron chi connectivity index (χ2n) is 3.99. The number of hydrogen-bond donors (Lipinski definition) is 0. The lowest BCUT2D eigenvalue weighted by atomic mass is 10.3. The lowest BCUT2D eigenvalue weighted by molar-refractivity contribution is -0.146. The highest BCUT2D eigenvalue weighted by molar-refractivity contribution is 7.99. The van der Waals surface area contributed by atoms with Crippen LogP contribution in [-0.4, -0.2) is 15.3 Å². The smallest absolute Gasteiger partial charge is 0.323 e. The number of nitrogens with zero attached hydrogens (tertiary/aromatic N) is 2. The monoisotopic (exact) mass is 274 g/mol. The molecule has 0 fully saturated rings. The molecule has 1 aromatic heterocycles. The molecule has 0 unspecified atom stereocenters. The lowest BCUT2D eigenvalue weighted by Crippen LogP contribution is -2.12. The van der Waals surface area contributed by atoms with E-state index in [0.717, 1.165) is 21.6 Å². The van der Waals surface area contributed by atoms with E-state index in [1.54, 1.807) is 23.9 Å². The van der Waals surface area contributed by atoms with Crippen molar-refractivity contribution in [3.8, 4) is 0 Å². The van der Waals surface area contributed by atoms with Crippen LogP contribution in [0.3, 0.4) is 0 Å². The van der Waals surface area contributed by atoms with E-state index in [1.807, 2.05) is 6.07 Å². The van der Waals surface area contributed by atoms with Crippen LogP contribution in [0.1, 0.15) is 19.2 Å². The van der Waals surface area contributed by atoms with E-state index in [9.17, 15) is 13.2 Å². The molecule has 0 atom stereocenters. The van der Waals surface area contributed by atoms with Gasteiger partial charge in [-0.25, -0.2) is 4.98 Å². The van der Waals surface area contributed by atoms with Gasteiger partial charge in [0, 0.05) is 11.9 Å². The first-order valence-corrected chi connectivity index (χ1v) is 6.58.